The Balaban J connectivity index is 2.05. The second-order valence-electron chi connectivity index (χ2n) is 5.22. The lowest BCUT2D eigenvalue weighted by Crippen LogP contribution is -2.33. The molecular weight excluding hydrogens is 246 g/mol. The summed E-state index contributed by atoms with van der Waals surface area (Å²) in [6.45, 7) is 3.76. The smallest absolute Gasteiger partial charge is 0.310 e. The van der Waals surface area contributed by atoms with Gasteiger partial charge in [-0.05, 0) is 37.1 Å². The molecule has 0 radical (unpaired) electrons. The maximum Gasteiger partial charge on any atom is 0.310 e. The first-order valence-electron chi connectivity index (χ1n) is 6.43. The highest BCUT2D eigenvalue weighted by molar-refractivity contribution is 5.75. The monoisotopic (exact) mass is 265 g/mol. The van der Waals surface area contributed by atoms with Gasteiger partial charge in [0.1, 0.15) is 0 Å². The summed E-state index contributed by atoms with van der Waals surface area (Å²) >= 11 is 0. The number of nitrogens with zero attached hydrogens (tertiary/aromatic N) is 1. The zero-order valence-electron chi connectivity index (χ0n) is 11.0. The SMILES string of the molecule is CCC1(C(=O)O)CCN(Cc2ccc(O)c(O)c2)C1. The predicted molar refractivity (Wildman–Crippen MR) is 70.0 cm³/mol. The Morgan fingerprint density at radius 1 is 1.37 bits per heavy atom. The maximum atomic E-state index is 11.4. The van der Waals surface area contributed by atoms with Crippen molar-refractivity contribution in [3.05, 3.63) is 23.8 Å². The Morgan fingerprint density at radius 3 is 2.63 bits per heavy atom. The highest BCUT2D eigenvalue weighted by Crippen LogP contribution is 2.35. The van der Waals surface area contributed by atoms with Crippen molar-refractivity contribution in [1.29, 1.82) is 0 Å². The van der Waals surface area contributed by atoms with Gasteiger partial charge in [0.2, 0.25) is 0 Å². The van der Waals surface area contributed by atoms with E-state index in [-0.39, 0.29) is 11.5 Å². The minimum Gasteiger partial charge on any atom is -0.504 e. The van der Waals surface area contributed by atoms with Crippen LogP contribution in [0.1, 0.15) is 25.3 Å². The minimum atomic E-state index is -0.731. The fourth-order valence-electron chi connectivity index (χ4n) is 2.63. The van der Waals surface area contributed by atoms with E-state index < -0.39 is 11.4 Å². The van der Waals surface area contributed by atoms with Crippen molar-refractivity contribution in [2.24, 2.45) is 5.41 Å². The van der Waals surface area contributed by atoms with Crippen molar-refractivity contribution in [2.45, 2.75) is 26.3 Å². The molecule has 1 unspecified atom stereocenters. The first kappa shape index (κ1) is 13.7. The zero-order valence-corrected chi connectivity index (χ0v) is 11.0. The summed E-state index contributed by atoms with van der Waals surface area (Å²) < 4.78 is 0. The molecule has 0 aromatic heterocycles. The molecular formula is C14H19NO4. The molecule has 2 rings (SSSR count). The lowest BCUT2D eigenvalue weighted by molar-refractivity contribution is -0.148. The summed E-state index contributed by atoms with van der Waals surface area (Å²) in [4.78, 5) is 13.4. The Kier molecular flexibility index (Phi) is 3.66. The summed E-state index contributed by atoms with van der Waals surface area (Å²) in [6, 6.07) is 4.70. The molecule has 1 fully saturated rings. The first-order valence-corrected chi connectivity index (χ1v) is 6.43. The number of carboxylic acids is 1. The first-order chi connectivity index (χ1) is 8.97. The van der Waals surface area contributed by atoms with Crippen molar-refractivity contribution >= 4 is 5.97 Å². The molecule has 1 heterocycles. The largest absolute Gasteiger partial charge is 0.504 e. The third-order valence-electron chi connectivity index (χ3n) is 4.01. The van der Waals surface area contributed by atoms with Crippen LogP contribution in [0.15, 0.2) is 18.2 Å². The van der Waals surface area contributed by atoms with Crippen LogP contribution in [0.2, 0.25) is 0 Å². The highest BCUT2D eigenvalue weighted by Gasteiger charge is 2.42. The molecule has 1 aromatic carbocycles. The number of phenolic OH excluding ortho intramolecular Hbond substituents is 2. The van der Waals surface area contributed by atoms with Crippen LogP contribution in [-0.2, 0) is 11.3 Å². The van der Waals surface area contributed by atoms with Gasteiger partial charge in [0.25, 0.3) is 0 Å². The molecule has 1 aliphatic heterocycles. The molecule has 0 amide bonds. The van der Waals surface area contributed by atoms with Gasteiger partial charge in [-0.1, -0.05) is 13.0 Å². The Hall–Kier alpha value is -1.75. The van der Waals surface area contributed by atoms with Crippen LogP contribution in [-0.4, -0.2) is 39.3 Å². The summed E-state index contributed by atoms with van der Waals surface area (Å²) in [5.74, 6) is -1.01. The van der Waals surface area contributed by atoms with Crippen LogP contribution < -0.4 is 0 Å². The molecule has 0 spiro atoms. The molecule has 0 saturated carbocycles. The summed E-state index contributed by atoms with van der Waals surface area (Å²) in [5.41, 5.74) is 0.228. The van der Waals surface area contributed by atoms with Crippen molar-refractivity contribution in [3.63, 3.8) is 0 Å². The van der Waals surface area contributed by atoms with E-state index in [1.54, 1.807) is 6.07 Å². The van der Waals surface area contributed by atoms with E-state index in [4.69, 9.17) is 0 Å². The molecule has 5 heteroatoms. The van der Waals surface area contributed by atoms with Crippen molar-refractivity contribution in [2.75, 3.05) is 13.1 Å². The predicted octanol–water partition coefficient (Wildman–Crippen LogP) is 1.78. The van der Waals surface area contributed by atoms with E-state index in [2.05, 4.69) is 4.90 Å². The van der Waals surface area contributed by atoms with Gasteiger partial charge in [-0.25, -0.2) is 0 Å². The lowest BCUT2D eigenvalue weighted by atomic mass is 9.84. The van der Waals surface area contributed by atoms with Crippen LogP contribution in [0.3, 0.4) is 0 Å². The molecule has 1 aliphatic rings. The van der Waals surface area contributed by atoms with E-state index in [0.29, 0.717) is 25.9 Å². The van der Waals surface area contributed by atoms with E-state index in [9.17, 15) is 20.1 Å². The van der Waals surface area contributed by atoms with Crippen LogP contribution in [0.25, 0.3) is 0 Å². The number of benzene rings is 1. The van der Waals surface area contributed by atoms with Crippen molar-refractivity contribution < 1.29 is 20.1 Å². The van der Waals surface area contributed by atoms with Gasteiger partial charge < -0.3 is 15.3 Å². The van der Waals surface area contributed by atoms with Gasteiger partial charge >= 0.3 is 5.97 Å². The molecule has 0 aliphatic carbocycles. The van der Waals surface area contributed by atoms with Crippen LogP contribution in [0.4, 0.5) is 0 Å². The third-order valence-corrected chi connectivity index (χ3v) is 4.01. The topological polar surface area (TPSA) is 81.0 Å². The number of aromatic hydroxyl groups is 2. The molecule has 1 atom stereocenters. The highest BCUT2D eigenvalue weighted by atomic mass is 16.4. The molecule has 5 nitrogen and oxygen atoms in total. The standard InChI is InChI=1S/C14H19NO4/c1-2-14(13(18)19)5-6-15(9-14)8-10-3-4-11(16)12(17)7-10/h3-4,7,16-17H,2,5-6,8-9H2,1H3,(H,18,19). The number of carbonyl (C=O) groups is 1. The van der Waals surface area contributed by atoms with E-state index in [0.717, 1.165) is 12.1 Å². The van der Waals surface area contributed by atoms with Gasteiger partial charge in [-0.2, -0.15) is 0 Å². The van der Waals surface area contributed by atoms with E-state index >= 15 is 0 Å². The van der Waals surface area contributed by atoms with Crippen molar-refractivity contribution in [1.82, 2.24) is 4.90 Å². The Labute approximate surface area is 112 Å². The van der Waals surface area contributed by atoms with Gasteiger partial charge in [-0.15, -0.1) is 0 Å². The maximum absolute atomic E-state index is 11.4. The summed E-state index contributed by atoms with van der Waals surface area (Å²) in [5, 5.41) is 28.0. The normalized spacial score (nSPS) is 23.6. The molecule has 1 aromatic rings. The molecule has 1 saturated heterocycles. The fraction of sp³-hybridized carbons (Fsp3) is 0.500. The summed E-state index contributed by atoms with van der Waals surface area (Å²) in [6.07, 6.45) is 1.28. The van der Waals surface area contributed by atoms with E-state index in [1.807, 2.05) is 6.92 Å². The zero-order chi connectivity index (χ0) is 14.0. The fourth-order valence-corrected chi connectivity index (χ4v) is 2.63. The average Bonchev–Trinajstić information content (AvgIpc) is 2.79. The van der Waals surface area contributed by atoms with Gasteiger partial charge in [-0.3, -0.25) is 9.69 Å². The number of carboxylic acid groups (broad SMARTS) is 1. The lowest BCUT2D eigenvalue weighted by Gasteiger charge is -2.23. The van der Waals surface area contributed by atoms with Crippen LogP contribution in [0, 0.1) is 5.41 Å². The second-order valence-corrected chi connectivity index (χ2v) is 5.22. The van der Waals surface area contributed by atoms with Crippen molar-refractivity contribution in [3.8, 4) is 11.5 Å². The number of rotatable bonds is 4. The van der Waals surface area contributed by atoms with Gasteiger partial charge in [0.15, 0.2) is 11.5 Å². The van der Waals surface area contributed by atoms with Gasteiger partial charge in [0.05, 0.1) is 5.41 Å². The molecule has 19 heavy (non-hydrogen) atoms. The number of hydrogen-bond acceptors (Lipinski definition) is 4. The second kappa shape index (κ2) is 5.09. The quantitative estimate of drug-likeness (QED) is 0.723. The van der Waals surface area contributed by atoms with Gasteiger partial charge in [0, 0.05) is 13.1 Å². The molecule has 0 bridgehead atoms. The third kappa shape index (κ3) is 2.66. The molecule has 104 valence electrons. The minimum absolute atomic E-state index is 0.140. The molecule has 3 N–H and O–H groups in total. The number of likely N-dealkylation sites (tertiary alicyclic amines) is 1. The average molecular weight is 265 g/mol. The number of phenols is 2. The Bertz CT molecular complexity index is 488. The number of hydrogen-bond donors (Lipinski definition) is 3. The van der Waals surface area contributed by atoms with Crippen LogP contribution in [0.5, 0.6) is 11.5 Å². The number of aliphatic carboxylic acids is 1. The Morgan fingerprint density at radius 2 is 2.11 bits per heavy atom. The summed E-state index contributed by atoms with van der Waals surface area (Å²) in [7, 11) is 0. The van der Waals surface area contributed by atoms with Crippen LogP contribution >= 0.6 is 0 Å². The van der Waals surface area contributed by atoms with E-state index in [1.165, 1.54) is 12.1 Å².